The topological polar surface area (TPSA) is 105 Å². The maximum atomic E-state index is 11.5. The molecule has 0 aliphatic carbocycles. The molecule has 0 unspecified atom stereocenters. The van der Waals surface area contributed by atoms with Crippen molar-refractivity contribution in [3.05, 3.63) is 35.9 Å². The number of rotatable bonds is 7. The van der Waals surface area contributed by atoms with Gasteiger partial charge in [0, 0.05) is 0 Å². The first kappa shape index (κ1) is 16.5. The second-order valence-corrected chi connectivity index (χ2v) is 4.32. The third-order valence-electron chi connectivity index (χ3n) is 2.79. The Balaban J connectivity index is 2.44. The highest BCUT2D eigenvalue weighted by molar-refractivity contribution is 5.84. The molecule has 0 fully saturated rings. The van der Waals surface area contributed by atoms with Crippen LogP contribution in [0.5, 0.6) is 0 Å². The minimum atomic E-state index is -1.13. The van der Waals surface area contributed by atoms with E-state index in [1.54, 1.807) is 0 Å². The van der Waals surface area contributed by atoms with E-state index in [-0.39, 0.29) is 13.0 Å². The smallest absolute Gasteiger partial charge is 0.326 e. The molecule has 0 saturated heterocycles. The van der Waals surface area contributed by atoms with Crippen LogP contribution in [0.1, 0.15) is 12.0 Å². The zero-order valence-corrected chi connectivity index (χ0v) is 11.7. The number of ether oxygens (including phenoxy) is 1. The van der Waals surface area contributed by atoms with Crippen LogP contribution in [0.3, 0.4) is 0 Å². The number of amides is 2. The first-order valence-corrected chi connectivity index (χ1v) is 6.41. The third kappa shape index (κ3) is 6.42. The molecule has 114 valence electrons. The highest BCUT2D eigenvalue weighted by Crippen LogP contribution is 2.05. The molecule has 0 saturated carbocycles. The summed E-state index contributed by atoms with van der Waals surface area (Å²) in [6.07, 6.45) is 0.778. The van der Waals surface area contributed by atoms with Crippen LogP contribution >= 0.6 is 0 Å². The van der Waals surface area contributed by atoms with Gasteiger partial charge in [-0.2, -0.15) is 0 Å². The van der Waals surface area contributed by atoms with Crippen LogP contribution in [-0.2, 0) is 20.7 Å². The maximum absolute atomic E-state index is 11.5. The molecule has 7 heteroatoms. The molecule has 1 atom stereocenters. The molecule has 1 aromatic carbocycles. The number of hydrogen-bond donors (Lipinski definition) is 3. The first-order valence-electron chi connectivity index (χ1n) is 6.41. The molecule has 7 nitrogen and oxygen atoms in total. The molecule has 21 heavy (non-hydrogen) atoms. The Hall–Kier alpha value is -2.57. The van der Waals surface area contributed by atoms with Crippen molar-refractivity contribution in [2.24, 2.45) is 0 Å². The second kappa shape index (κ2) is 8.57. The fourth-order valence-electron chi connectivity index (χ4n) is 1.65. The van der Waals surface area contributed by atoms with E-state index < -0.39 is 24.0 Å². The SMILES string of the molecule is COC(=O)CNC(=O)N[C@@H](CCc1ccccc1)C(=O)O. The Bertz CT molecular complexity index is 489. The summed E-state index contributed by atoms with van der Waals surface area (Å²) >= 11 is 0. The summed E-state index contributed by atoms with van der Waals surface area (Å²) < 4.78 is 4.36. The number of aliphatic carboxylic acids is 1. The quantitative estimate of drug-likeness (QED) is 0.637. The van der Waals surface area contributed by atoms with Crippen LogP contribution in [0.25, 0.3) is 0 Å². The minimum Gasteiger partial charge on any atom is -0.480 e. The lowest BCUT2D eigenvalue weighted by Gasteiger charge is -2.14. The van der Waals surface area contributed by atoms with Crippen LogP contribution < -0.4 is 10.6 Å². The molecule has 0 radical (unpaired) electrons. The molecular weight excluding hydrogens is 276 g/mol. The summed E-state index contributed by atoms with van der Waals surface area (Å²) in [6, 6.07) is 7.62. The van der Waals surface area contributed by atoms with Gasteiger partial charge in [0.2, 0.25) is 0 Å². The summed E-state index contributed by atoms with van der Waals surface area (Å²) in [5.74, 6) is -1.74. The molecule has 2 amide bonds. The molecule has 0 bridgehead atoms. The Kier molecular flexibility index (Phi) is 6.73. The zero-order valence-electron chi connectivity index (χ0n) is 11.7. The fraction of sp³-hybridized carbons (Fsp3) is 0.357. The number of methoxy groups -OCH3 is 1. The summed E-state index contributed by atoms with van der Waals surface area (Å²) in [5.41, 5.74) is 0.987. The standard InChI is InChI=1S/C14H18N2O5/c1-21-12(17)9-15-14(20)16-11(13(18)19)8-7-10-5-3-2-4-6-10/h2-6,11H,7-9H2,1H3,(H,18,19)(H2,15,16,20)/t11-/m0/s1. The van der Waals surface area contributed by atoms with E-state index in [0.717, 1.165) is 5.56 Å². The van der Waals surface area contributed by atoms with Crippen LogP contribution in [0.2, 0.25) is 0 Å². The van der Waals surface area contributed by atoms with Gasteiger partial charge in [-0.25, -0.2) is 9.59 Å². The lowest BCUT2D eigenvalue weighted by Crippen LogP contribution is -2.47. The molecule has 0 heterocycles. The van der Waals surface area contributed by atoms with Gasteiger partial charge in [-0.05, 0) is 18.4 Å². The zero-order chi connectivity index (χ0) is 15.7. The predicted molar refractivity (Wildman–Crippen MR) is 74.7 cm³/mol. The number of carboxylic acid groups (broad SMARTS) is 1. The number of benzene rings is 1. The lowest BCUT2D eigenvalue weighted by atomic mass is 10.1. The molecule has 1 rings (SSSR count). The molecule has 0 aromatic heterocycles. The van der Waals surface area contributed by atoms with Crippen molar-refractivity contribution in [2.45, 2.75) is 18.9 Å². The van der Waals surface area contributed by atoms with Crippen molar-refractivity contribution in [1.82, 2.24) is 10.6 Å². The number of aryl methyl sites for hydroxylation is 1. The monoisotopic (exact) mass is 294 g/mol. The predicted octanol–water partition coefficient (Wildman–Crippen LogP) is 0.545. The van der Waals surface area contributed by atoms with E-state index in [9.17, 15) is 14.4 Å². The van der Waals surface area contributed by atoms with Crippen molar-refractivity contribution >= 4 is 18.0 Å². The number of carbonyl (C=O) groups is 3. The Labute approximate surface area is 122 Å². The fourth-order valence-corrected chi connectivity index (χ4v) is 1.65. The van der Waals surface area contributed by atoms with Crippen LogP contribution in [0.15, 0.2) is 30.3 Å². The van der Waals surface area contributed by atoms with Gasteiger partial charge in [0.1, 0.15) is 12.6 Å². The van der Waals surface area contributed by atoms with Crippen LogP contribution in [-0.4, -0.2) is 42.8 Å². The van der Waals surface area contributed by atoms with Gasteiger partial charge >= 0.3 is 18.0 Å². The van der Waals surface area contributed by atoms with E-state index in [4.69, 9.17) is 5.11 Å². The lowest BCUT2D eigenvalue weighted by molar-refractivity contribution is -0.139. The molecule has 0 aliphatic rings. The summed E-state index contributed by atoms with van der Waals surface area (Å²) in [6.45, 7) is -0.312. The minimum absolute atomic E-state index is 0.255. The van der Waals surface area contributed by atoms with Crippen molar-refractivity contribution in [2.75, 3.05) is 13.7 Å². The average molecular weight is 294 g/mol. The van der Waals surface area contributed by atoms with Gasteiger partial charge < -0.3 is 20.5 Å². The largest absolute Gasteiger partial charge is 0.480 e. The number of urea groups is 1. The van der Waals surface area contributed by atoms with Crippen molar-refractivity contribution in [1.29, 1.82) is 0 Å². The van der Waals surface area contributed by atoms with Gasteiger partial charge in [-0.1, -0.05) is 30.3 Å². The summed E-state index contributed by atoms with van der Waals surface area (Å²) in [7, 11) is 1.20. The second-order valence-electron chi connectivity index (χ2n) is 4.32. The van der Waals surface area contributed by atoms with E-state index >= 15 is 0 Å². The number of hydrogen-bond acceptors (Lipinski definition) is 4. The van der Waals surface area contributed by atoms with Gasteiger partial charge in [0.15, 0.2) is 0 Å². The number of carboxylic acids is 1. The number of nitrogens with one attached hydrogen (secondary N) is 2. The van der Waals surface area contributed by atoms with Gasteiger partial charge in [-0.15, -0.1) is 0 Å². The molecular formula is C14H18N2O5. The number of esters is 1. The van der Waals surface area contributed by atoms with Gasteiger partial charge in [0.05, 0.1) is 7.11 Å². The van der Waals surface area contributed by atoms with E-state index in [1.165, 1.54) is 7.11 Å². The van der Waals surface area contributed by atoms with Gasteiger partial charge in [0.25, 0.3) is 0 Å². The molecule has 1 aromatic rings. The van der Waals surface area contributed by atoms with E-state index in [2.05, 4.69) is 15.4 Å². The highest BCUT2D eigenvalue weighted by Gasteiger charge is 2.19. The van der Waals surface area contributed by atoms with E-state index in [1.807, 2.05) is 30.3 Å². The average Bonchev–Trinajstić information content (AvgIpc) is 2.49. The number of carbonyl (C=O) groups excluding carboxylic acids is 2. The summed E-state index contributed by atoms with van der Waals surface area (Å²) in [5, 5.41) is 13.6. The van der Waals surface area contributed by atoms with Crippen molar-refractivity contribution < 1.29 is 24.2 Å². The molecule has 0 spiro atoms. The van der Waals surface area contributed by atoms with Crippen molar-refractivity contribution in [3.8, 4) is 0 Å². The summed E-state index contributed by atoms with van der Waals surface area (Å²) in [4.78, 5) is 33.5. The molecule has 0 aliphatic heterocycles. The Morgan fingerprint density at radius 1 is 1.24 bits per heavy atom. The van der Waals surface area contributed by atoms with Crippen molar-refractivity contribution in [3.63, 3.8) is 0 Å². The first-order chi connectivity index (χ1) is 10.0. The Morgan fingerprint density at radius 2 is 1.90 bits per heavy atom. The van der Waals surface area contributed by atoms with Crippen LogP contribution in [0.4, 0.5) is 4.79 Å². The maximum Gasteiger partial charge on any atom is 0.326 e. The highest BCUT2D eigenvalue weighted by atomic mass is 16.5. The molecule has 3 N–H and O–H groups in total. The normalized spacial score (nSPS) is 11.3. The van der Waals surface area contributed by atoms with Gasteiger partial charge in [-0.3, -0.25) is 4.79 Å². The van der Waals surface area contributed by atoms with Crippen LogP contribution in [0, 0.1) is 0 Å². The van der Waals surface area contributed by atoms with E-state index in [0.29, 0.717) is 6.42 Å². The Morgan fingerprint density at radius 3 is 2.48 bits per heavy atom. The third-order valence-corrected chi connectivity index (χ3v) is 2.79.